The van der Waals surface area contributed by atoms with Crippen LogP contribution in [0.1, 0.15) is 31.3 Å². The molecule has 2 aromatic carbocycles. The molecule has 34 heavy (non-hydrogen) atoms. The van der Waals surface area contributed by atoms with E-state index in [0.717, 1.165) is 32.9 Å². The Balaban J connectivity index is 1.36. The first-order valence-corrected chi connectivity index (χ1v) is 13.4. The summed E-state index contributed by atoms with van der Waals surface area (Å²) in [6, 6.07) is 15.8. The summed E-state index contributed by atoms with van der Waals surface area (Å²) < 4.78 is 9.11. The minimum atomic E-state index is -0.274. The van der Waals surface area contributed by atoms with E-state index in [1.807, 2.05) is 79.2 Å². The summed E-state index contributed by atoms with van der Waals surface area (Å²) in [5, 5.41) is 14.7. The fourth-order valence-electron chi connectivity index (χ4n) is 3.31. The van der Waals surface area contributed by atoms with E-state index in [2.05, 4.69) is 36.4 Å². The van der Waals surface area contributed by atoms with Gasteiger partial charge >= 0.3 is 0 Å². The van der Waals surface area contributed by atoms with Gasteiger partial charge in [-0.15, -0.1) is 21.5 Å². The van der Waals surface area contributed by atoms with Crippen molar-refractivity contribution >= 4 is 50.1 Å². The first-order valence-electron chi connectivity index (χ1n) is 10.7. The molecular weight excluding hydrogens is 534 g/mol. The fraction of sp³-hybridized carbons (Fsp3) is 0.250. The largest absolute Gasteiger partial charge is 0.482 e. The van der Waals surface area contributed by atoms with Crippen molar-refractivity contribution in [1.82, 2.24) is 19.7 Å². The number of aryl methyl sites for hydroxylation is 1. The van der Waals surface area contributed by atoms with Crippen molar-refractivity contribution in [2.75, 3.05) is 11.1 Å². The molecule has 1 unspecified atom stereocenters. The van der Waals surface area contributed by atoms with Gasteiger partial charge in [0.15, 0.2) is 22.2 Å². The lowest BCUT2D eigenvalue weighted by atomic mass is 10.2. The first kappa shape index (κ1) is 24.4. The van der Waals surface area contributed by atoms with E-state index in [1.165, 1.54) is 23.1 Å². The molecule has 1 atom stereocenters. The summed E-state index contributed by atoms with van der Waals surface area (Å²) in [6.45, 7) is 6.67. The molecule has 0 fully saturated rings. The number of ether oxygens (including phenoxy) is 1. The minimum Gasteiger partial charge on any atom is -0.482 e. The zero-order valence-corrected chi connectivity index (χ0v) is 22.2. The molecular formula is C24H24BrN5O2S2. The van der Waals surface area contributed by atoms with Gasteiger partial charge in [-0.25, -0.2) is 4.98 Å². The normalized spacial score (nSPS) is 11.9. The van der Waals surface area contributed by atoms with Crippen LogP contribution in [-0.2, 0) is 11.3 Å². The first-order chi connectivity index (χ1) is 16.4. The lowest BCUT2D eigenvalue weighted by molar-refractivity contribution is -0.113. The van der Waals surface area contributed by atoms with Crippen LogP contribution in [0.25, 0.3) is 11.3 Å². The smallest absolute Gasteiger partial charge is 0.236 e. The van der Waals surface area contributed by atoms with Crippen LogP contribution in [0.2, 0.25) is 0 Å². The maximum absolute atomic E-state index is 12.5. The Labute approximate surface area is 215 Å². The van der Waals surface area contributed by atoms with Crippen LogP contribution in [0.15, 0.2) is 63.5 Å². The maximum atomic E-state index is 12.5. The maximum Gasteiger partial charge on any atom is 0.236 e. The third kappa shape index (κ3) is 5.86. The third-order valence-corrected chi connectivity index (χ3v) is 7.30. The van der Waals surface area contributed by atoms with Crippen molar-refractivity contribution in [3.05, 3.63) is 69.8 Å². The second-order valence-electron chi connectivity index (χ2n) is 7.49. The molecule has 176 valence electrons. The Bertz CT molecular complexity index is 1270. The highest BCUT2D eigenvalue weighted by Crippen LogP contribution is 2.28. The average molecular weight is 559 g/mol. The number of carbonyl (C=O) groups is 1. The number of aromatic nitrogens is 4. The highest BCUT2D eigenvalue weighted by molar-refractivity contribution is 9.10. The molecule has 7 nitrogen and oxygen atoms in total. The minimum absolute atomic E-state index is 0.141. The topological polar surface area (TPSA) is 81.9 Å². The average Bonchev–Trinajstić information content (AvgIpc) is 3.46. The molecule has 0 aliphatic rings. The van der Waals surface area contributed by atoms with Gasteiger partial charge in [-0.05, 0) is 44.5 Å². The quantitative estimate of drug-likeness (QED) is 0.241. The second kappa shape index (κ2) is 11.2. The predicted octanol–water partition coefficient (Wildman–Crippen LogP) is 6.36. The number of rotatable bonds is 9. The summed E-state index contributed by atoms with van der Waals surface area (Å²) in [6.07, 6.45) is -0.274. The van der Waals surface area contributed by atoms with Gasteiger partial charge in [-0.3, -0.25) is 4.79 Å². The number of halogens is 1. The number of nitrogens with zero attached hydrogens (tertiary/aromatic N) is 4. The van der Waals surface area contributed by atoms with E-state index < -0.39 is 0 Å². The number of benzene rings is 2. The molecule has 0 spiro atoms. The zero-order chi connectivity index (χ0) is 24.1. The number of para-hydroxylation sites is 1. The Morgan fingerprint density at radius 3 is 2.71 bits per heavy atom. The summed E-state index contributed by atoms with van der Waals surface area (Å²) in [5.41, 5.74) is 2.90. The number of hydrogen-bond donors (Lipinski definition) is 1. The molecule has 0 saturated carbocycles. The fourth-order valence-corrected chi connectivity index (χ4v) is 5.12. The lowest BCUT2D eigenvalue weighted by Gasteiger charge is -2.16. The number of anilines is 1. The van der Waals surface area contributed by atoms with Gasteiger partial charge in [0, 0.05) is 22.0 Å². The number of nitrogens with one attached hydrogen (secondary N) is 1. The highest BCUT2D eigenvalue weighted by Gasteiger charge is 2.20. The standard InChI is InChI=1S/C24H24BrN5O2S2/c1-4-30-22(16(3)32-20-8-6-5-7-15(20)2)28-29-24(30)34-14-21(31)27-23-26-19(13-33-23)17-9-11-18(25)12-10-17/h5-13,16H,4,14H2,1-3H3,(H,26,27,31). The molecule has 0 radical (unpaired) electrons. The van der Waals surface area contributed by atoms with Gasteiger partial charge in [0.05, 0.1) is 11.4 Å². The van der Waals surface area contributed by atoms with Gasteiger partial charge in [0.25, 0.3) is 0 Å². The Morgan fingerprint density at radius 1 is 1.21 bits per heavy atom. The Kier molecular flexibility index (Phi) is 8.02. The van der Waals surface area contributed by atoms with Crippen molar-refractivity contribution in [3.63, 3.8) is 0 Å². The molecule has 4 rings (SSSR count). The van der Waals surface area contributed by atoms with Crippen molar-refractivity contribution in [3.8, 4) is 17.0 Å². The second-order valence-corrected chi connectivity index (χ2v) is 10.2. The molecule has 0 bridgehead atoms. The molecule has 10 heteroatoms. The number of hydrogen-bond acceptors (Lipinski definition) is 7. The van der Waals surface area contributed by atoms with E-state index in [-0.39, 0.29) is 17.8 Å². The van der Waals surface area contributed by atoms with E-state index in [4.69, 9.17) is 4.74 Å². The predicted molar refractivity (Wildman–Crippen MR) is 141 cm³/mol. The third-order valence-electron chi connectivity index (χ3n) is 5.05. The number of thiazole rings is 1. The van der Waals surface area contributed by atoms with Crippen LogP contribution in [0.3, 0.4) is 0 Å². The SMILES string of the molecule is CCn1c(SCC(=O)Nc2nc(-c3ccc(Br)cc3)cs2)nnc1C(C)Oc1ccccc1C. The molecule has 4 aromatic rings. The molecule has 0 saturated heterocycles. The van der Waals surface area contributed by atoms with Gasteiger partial charge in [0.2, 0.25) is 5.91 Å². The van der Waals surface area contributed by atoms with Gasteiger partial charge in [-0.1, -0.05) is 58.0 Å². The van der Waals surface area contributed by atoms with Crippen LogP contribution in [0.5, 0.6) is 5.75 Å². The van der Waals surface area contributed by atoms with E-state index in [0.29, 0.717) is 16.8 Å². The Morgan fingerprint density at radius 2 is 1.97 bits per heavy atom. The van der Waals surface area contributed by atoms with Gasteiger partial charge < -0.3 is 14.6 Å². The molecule has 1 N–H and O–H groups in total. The molecule has 2 heterocycles. The van der Waals surface area contributed by atoms with E-state index in [9.17, 15) is 4.79 Å². The zero-order valence-electron chi connectivity index (χ0n) is 19.0. The lowest BCUT2D eigenvalue weighted by Crippen LogP contribution is -2.15. The monoisotopic (exact) mass is 557 g/mol. The molecule has 0 aliphatic heterocycles. The number of amides is 1. The highest BCUT2D eigenvalue weighted by atomic mass is 79.9. The molecule has 0 aliphatic carbocycles. The molecule has 1 amide bonds. The van der Waals surface area contributed by atoms with Crippen molar-refractivity contribution in [2.45, 2.75) is 38.6 Å². The van der Waals surface area contributed by atoms with Gasteiger partial charge in [0.1, 0.15) is 5.75 Å². The number of carbonyl (C=O) groups excluding carboxylic acids is 1. The molecule has 2 aromatic heterocycles. The number of thioether (sulfide) groups is 1. The van der Waals surface area contributed by atoms with Crippen molar-refractivity contribution in [2.24, 2.45) is 0 Å². The van der Waals surface area contributed by atoms with Crippen LogP contribution in [-0.4, -0.2) is 31.4 Å². The van der Waals surface area contributed by atoms with Crippen molar-refractivity contribution in [1.29, 1.82) is 0 Å². The van der Waals surface area contributed by atoms with Crippen LogP contribution in [0, 0.1) is 6.92 Å². The van der Waals surface area contributed by atoms with Crippen LogP contribution < -0.4 is 10.1 Å². The summed E-state index contributed by atoms with van der Waals surface area (Å²) >= 11 is 6.18. The van der Waals surface area contributed by atoms with Crippen LogP contribution >= 0.6 is 39.0 Å². The summed E-state index contributed by atoms with van der Waals surface area (Å²) in [4.78, 5) is 17.1. The van der Waals surface area contributed by atoms with E-state index in [1.54, 1.807) is 0 Å². The Hall–Kier alpha value is -2.69. The van der Waals surface area contributed by atoms with Gasteiger partial charge in [-0.2, -0.15) is 0 Å². The van der Waals surface area contributed by atoms with Crippen LogP contribution in [0.4, 0.5) is 5.13 Å². The van der Waals surface area contributed by atoms with Crippen molar-refractivity contribution < 1.29 is 9.53 Å². The summed E-state index contributed by atoms with van der Waals surface area (Å²) in [7, 11) is 0. The van der Waals surface area contributed by atoms with E-state index >= 15 is 0 Å². The summed E-state index contributed by atoms with van der Waals surface area (Å²) in [5.74, 6) is 1.62.